The zero-order chi connectivity index (χ0) is 12.3. The number of ether oxygens (including phenoxy) is 1. The first kappa shape index (κ1) is 12.2. The fourth-order valence-corrected chi connectivity index (χ4v) is 1.88. The van der Waals surface area contributed by atoms with E-state index in [-0.39, 0.29) is 11.9 Å². The summed E-state index contributed by atoms with van der Waals surface area (Å²) in [6.07, 6.45) is 2.30. The van der Waals surface area contributed by atoms with E-state index in [4.69, 9.17) is 4.74 Å². The average Bonchev–Trinajstić information content (AvgIpc) is 2.59. The maximum atomic E-state index is 13.4. The quantitative estimate of drug-likeness (QED) is 0.809. The molecular weight excluding hydrogens is 231 g/mol. The van der Waals surface area contributed by atoms with Gasteiger partial charge in [-0.3, -0.25) is 0 Å². The lowest BCUT2D eigenvalue weighted by Crippen LogP contribution is -2.20. The number of benzene rings is 1. The number of halogens is 3. The summed E-state index contributed by atoms with van der Waals surface area (Å²) in [5.41, 5.74) is 0. The highest BCUT2D eigenvalue weighted by atomic mass is 19.2. The van der Waals surface area contributed by atoms with Crippen LogP contribution in [0.25, 0.3) is 0 Å². The molecule has 0 bridgehead atoms. The Morgan fingerprint density at radius 3 is 2.71 bits per heavy atom. The Labute approximate surface area is 97.8 Å². The van der Waals surface area contributed by atoms with Crippen LogP contribution < -0.4 is 10.1 Å². The van der Waals surface area contributed by atoms with E-state index in [0.29, 0.717) is 0 Å². The van der Waals surface area contributed by atoms with Crippen molar-refractivity contribution in [2.75, 3.05) is 13.1 Å². The van der Waals surface area contributed by atoms with Crippen molar-refractivity contribution in [3.8, 4) is 5.75 Å². The molecule has 0 amide bonds. The van der Waals surface area contributed by atoms with Crippen LogP contribution in [0.3, 0.4) is 0 Å². The van der Waals surface area contributed by atoms with E-state index in [2.05, 4.69) is 5.32 Å². The Bertz CT molecular complexity index is 390. The van der Waals surface area contributed by atoms with Crippen molar-refractivity contribution >= 4 is 0 Å². The molecule has 0 saturated carbocycles. The largest absolute Gasteiger partial charge is 0.487 e. The summed E-state index contributed by atoms with van der Waals surface area (Å²) >= 11 is 0. The van der Waals surface area contributed by atoms with Crippen LogP contribution in [0.4, 0.5) is 13.2 Å². The van der Waals surface area contributed by atoms with Crippen molar-refractivity contribution in [3.63, 3.8) is 0 Å². The molecule has 1 aromatic rings. The molecule has 1 unspecified atom stereocenters. The second-order valence-corrected chi connectivity index (χ2v) is 4.09. The van der Waals surface area contributed by atoms with Crippen molar-refractivity contribution < 1.29 is 17.9 Å². The Kier molecular flexibility index (Phi) is 3.89. The van der Waals surface area contributed by atoms with Crippen LogP contribution in [0, 0.1) is 17.5 Å². The fraction of sp³-hybridized carbons (Fsp3) is 0.500. The van der Waals surface area contributed by atoms with Crippen LogP contribution in [0.2, 0.25) is 0 Å². The van der Waals surface area contributed by atoms with Gasteiger partial charge in [-0.15, -0.1) is 0 Å². The van der Waals surface area contributed by atoms with Gasteiger partial charge in [0.1, 0.15) is 6.10 Å². The summed E-state index contributed by atoms with van der Waals surface area (Å²) in [5, 5.41) is 3.19. The molecule has 1 aliphatic rings. The van der Waals surface area contributed by atoms with E-state index < -0.39 is 17.5 Å². The minimum absolute atomic E-state index is 0.149. The molecule has 2 rings (SSSR count). The van der Waals surface area contributed by atoms with Gasteiger partial charge in [-0.1, -0.05) is 0 Å². The molecule has 1 aromatic carbocycles. The van der Waals surface area contributed by atoms with Crippen molar-refractivity contribution in [3.05, 3.63) is 29.6 Å². The number of rotatable bonds is 2. The predicted molar refractivity (Wildman–Crippen MR) is 57.5 cm³/mol. The average molecular weight is 245 g/mol. The molecule has 0 aliphatic carbocycles. The van der Waals surface area contributed by atoms with Crippen molar-refractivity contribution in [1.82, 2.24) is 5.32 Å². The van der Waals surface area contributed by atoms with Gasteiger partial charge >= 0.3 is 0 Å². The van der Waals surface area contributed by atoms with Gasteiger partial charge in [0.15, 0.2) is 17.4 Å². The lowest BCUT2D eigenvalue weighted by Gasteiger charge is -2.17. The molecule has 1 fully saturated rings. The Morgan fingerprint density at radius 2 is 1.88 bits per heavy atom. The first-order valence-corrected chi connectivity index (χ1v) is 5.69. The molecule has 2 nitrogen and oxygen atoms in total. The number of hydrogen-bond acceptors (Lipinski definition) is 2. The maximum Gasteiger partial charge on any atom is 0.203 e. The standard InChI is InChI=1S/C12H14F3NO/c13-9-3-4-10(12(15)11(9)14)17-8-2-1-6-16-7-5-8/h3-4,8,16H,1-2,5-7H2. The third-order valence-corrected chi connectivity index (χ3v) is 2.82. The van der Waals surface area contributed by atoms with Gasteiger partial charge in [0.25, 0.3) is 0 Å². The predicted octanol–water partition coefficient (Wildman–Crippen LogP) is 2.62. The van der Waals surface area contributed by atoms with Gasteiger partial charge in [0, 0.05) is 0 Å². The number of nitrogens with one attached hydrogen (secondary N) is 1. The Balaban J connectivity index is 2.09. The third kappa shape index (κ3) is 2.91. The summed E-state index contributed by atoms with van der Waals surface area (Å²) in [5.74, 6) is -4.13. The van der Waals surface area contributed by atoms with E-state index in [1.165, 1.54) is 0 Å². The van der Waals surface area contributed by atoms with Crippen molar-refractivity contribution in [2.24, 2.45) is 0 Å². The van der Waals surface area contributed by atoms with Crippen LogP contribution in [-0.2, 0) is 0 Å². The van der Waals surface area contributed by atoms with Crippen LogP contribution in [-0.4, -0.2) is 19.2 Å². The van der Waals surface area contributed by atoms with Crippen LogP contribution in [0.5, 0.6) is 5.75 Å². The van der Waals surface area contributed by atoms with Gasteiger partial charge in [0.05, 0.1) is 0 Å². The van der Waals surface area contributed by atoms with Gasteiger partial charge < -0.3 is 10.1 Å². The summed E-state index contributed by atoms with van der Waals surface area (Å²) in [7, 11) is 0. The van der Waals surface area contributed by atoms with Gasteiger partial charge in [0.2, 0.25) is 5.82 Å². The van der Waals surface area contributed by atoms with E-state index in [1.54, 1.807) is 0 Å². The third-order valence-electron chi connectivity index (χ3n) is 2.82. The minimum Gasteiger partial charge on any atom is -0.487 e. The van der Waals surface area contributed by atoms with E-state index in [9.17, 15) is 13.2 Å². The Morgan fingerprint density at radius 1 is 1.06 bits per heavy atom. The minimum atomic E-state index is -1.48. The molecule has 1 aliphatic heterocycles. The molecular formula is C12H14F3NO. The van der Waals surface area contributed by atoms with Gasteiger partial charge in [-0.2, -0.15) is 4.39 Å². The summed E-state index contributed by atoms with van der Waals surface area (Å²) in [6, 6.07) is 2.01. The van der Waals surface area contributed by atoms with Crippen LogP contribution in [0.15, 0.2) is 12.1 Å². The summed E-state index contributed by atoms with van der Waals surface area (Å²) in [6.45, 7) is 1.69. The normalized spacial score (nSPS) is 21.0. The summed E-state index contributed by atoms with van der Waals surface area (Å²) in [4.78, 5) is 0. The molecule has 1 heterocycles. The zero-order valence-electron chi connectivity index (χ0n) is 9.31. The van der Waals surface area contributed by atoms with Crippen LogP contribution in [0.1, 0.15) is 19.3 Å². The smallest absolute Gasteiger partial charge is 0.203 e. The van der Waals surface area contributed by atoms with Crippen molar-refractivity contribution in [1.29, 1.82) is 0 Å². The molecule has 5 heteroatoms. The SMILES string of the molecule is Fc1ccc(OC2CCCNCC2)c(F)c1F. The molecule has 17 heavy (non-hydrogen) atoms. The fourth-order valence-electron chi connectivity index (χ4n) is 1.88. The lowest BCUT2D eigenvalue weighted by molar-refractivity contribution is 0.176. The summed E-state index contributed by atoms with van der Waals surface area (Å²) < 4.78 is 44.4. The highest BCUT2D eigenvalue weighted by Crippen LogP contribution is 2.24. The topological polar surface area (TPSA) is 21.3 Å². The highest BCUT2D eigenvalue weighted by Gasteiger charge is 2.19. The molecule has 1 N–H and O–H groups in total. The zero-order valence-corrected chi connectivity index (χ0v) is 9.31. The van der Waals surface area contributed by atoms with E-state index in [0.717, 1.165) is 44.5 Å². The second-order valence-electron chi connectivity index (χ2n) is 4.09. The molecule has 0 spiro atoms. The van der Waals surface area contributed by atoms with Gasteiger partial charge in [-0.05, 0) is 44.5 Å². The van der Waals surface area contributed by atoms with Crippen molar-refractivity contribution in [2.45, 2.75) is 25.4 Å². The van der Waals surface area contributed by atoms with Crippen LogP contribution >= 0.6 is 0 Å². The molecule has 1 saturated heterocycles. The van der Waals surface area contributed by atoms with E-state index >= 15 is 0 Å². The second kappa shape index (κ2) is 5.40. The van der Waals surface area contributed by atoms with E-state index in [1.807, 2.05) is 0 Å². The van der Waals surface area contributed by atoms with Gasteiger partial charge in [-0.25, -0.2) is 8.78 Å². The first-order valence-electron chi connectivity index (χ1n) is 5.69. The molecule has 94 valence electrons. The first-order chi connectivity index (χ1) is 8.18. The lowest BCUT2D eigenvalue weighted by atomic mass is 10.1. The maximum absolute atomic E-state index is 13.4. The molecule has 1 atom stereocenters. The Hall–Kier alpha value is -1.23. The molecule has 0 aromatic heterocycles. The highest BCUT2D eigenvalue weighted by molar-refractivity contribution is 5.26. The number of hydrogen-bond donors (Lipinski definition) is 1. The molecule has 0 radical (unpaired) electrons. The monoisotopic (exact) mass is 245 g/mol.